The van der Waals surface area contributed by atoms with Crippen molar-refractivity contribution < 1.29 is 0 Å². The van der Waals surface area contributed by atoms with Gasteiger partial charge in [-0.15, -0.1) is 12.4 Å². The highest BCUT2D eigenvalue weighted by atomic mass is 35.5. The Hall–Kier alpha value is 0.170. The molecule has 1 aliphatic rings. The van der Waals surface area contributed by atoms with E-state index >= 15 is 0 Å². The summed E-state index contributed by atoms with van der Waals surface area (Å²) < 4.78 is 0. The molecule has 0 aromatic heterocycles. The van der Waals surface area contributed by atoms with Crippen molar-refractivity contribution in [2.45, 2.75) is 12.5 Å². The zero-order valence-corrected chi connectivity index (χ0v) is 8.81. The summed E-state index contributed by atoms with van der Waals surface area (Å²) in [5, 5.41) is 0. The van der Waals surface area contributed by atoms with E-state index in [2.05, 4.69) is 23.9 Å². The maximum absolute atomic E-state index is 5.78. The van der Waals surface area contributed by atoms with Crippen LogP contribution in [0.25, 0.3) is 0 Å². The average molecular weight is 194 g/mol. The first-order valence-electron chi connectivity index (χ1n) is 4.31. The first kappa shape index (κ1) is 12.2. The van der Waals surface area contributed by atoms with Gasteiger partial charge in [-0.2, -0.15) is 0 Å². The molecule has 0 radical (unpaired) electrons. The van der Waals surface area contributed by atoms with Gasteiger partial charge in [-0.1, -0.05) is 0 Å². The van der Waals surface area contributed by atoms with Gasteiger partial charge in [-0.25, -0.2) is 0 Å². The van der Waals surface area contributed by atoms with Gasteiger partial charge in [0.15, 0.2) is 0 Å². The molecule has 0 aromatic carbocycles. The van der Waals surface area contributed by atoms with E-state index < -0.39 is 0 Å². The van der Waals surface area contributed by atoms with Crippen LogP contribution in [0.5, 0.6) is 0 Å². The molecule has 12 heavy (non-hydrogen) atoms. The highest BCUT2D eigenvalue weighted by molar-refractivity contribution is 5.85. The van der Waals surface area contributed by atoms with E-state index in [1.54, 1.807) is 0 Å². The molecule has 0 saturated carbocycles. The van der Waals surface area contributed by atoms with Crippen LogP contribution < -0.4 is 5.73 Å². The van der Waals surface area contributed by atoms with Crippen LogP contribution in [-0.4, -0.2) is 56.1 Å². The van der Waals surface area contributed by atoms with Crippen molar-refractivity contribution in [3.63, 3.8) is 0 Å². The molecular weight excluding hydrogens is 174 g/mol. The average Bonchev–Trinajstić information content (AvgIpc) is 2.31. The summed E-state index contributed by atoms with van der Waals surface area (Å²) in [6.07, 6.45) is 1.17. The van der Waals surface area contributed by atoms with E-state index in [0.717, 1.165) is 13.1 Å². The molecule has 0 amide bonds. The lowest BCUT2D eigenvalue weighted by Crippen LogP contribution is -2.32. The molecule has 0 spiro atoms. The standard InChI is InChI=1S/C8H19N3.ClH/c1-10(2)5-6-11-4-3-8(9)7-11;/h8H,3-7,9H2,1-2H3;1H. The minimum absolute atomic E-state index is 0. The quantitative estimate of drug-likeness (QED) is 0.685. The third-order valence-corrected chi connectivity index (χ3v) is 2.17. The van der Waals surface area contributed by atoms with Gasteiger partial charge in [0.1, 0.15) is 0 Å². The predicted molar refractivity (Wildman–Crippen MR) is 54.8 cm³/mol. The zero-order valence-electron chi connectivity index (χ0n) is 7.99. The maximum Gasteiger partial charge on any atom is 0.0180 e. The summed E-state index contributed by atoms with van der Waals surface area (Å²) >= 11 is 0. The molecule has 1 aliphatic heterocycles. The Morgan fingerprint density at radius 1 is 1.50 bits per heavy atom. The maximum atomic E-state index is 5.78. The molecule has 4 heteroatoms. The van der Waals surface area contributed by atoms with Crippen molar-refractivity contribution in [1.82, 2.24) is 9.80 Å². The van der Waals surface area contributed by atoms with Crippen LogP contribution in [0.2, 0.25) is 0 Å². The number of nitrogens with zero attached hydrogens (tertiary/aromatic N) is 2. The lowest BCUT2D eigenvalue weighted by molar-refractivity contribution is 0.281. The minimum Gasteiger partial charge on any atom is -0.326 e. The van der Waals surface area contributed by atoms with Crippen molar-refractivity contribution in [2.24, 2.45) is 5.73 Å². The van der Waals surface area contributed by atoms with Crippen molar-refractivity contribution in [3.8, 4) is 0 Å². The topological polar surface area (TPSA) is 32.5 Å². The molecule has 1 saturated heterocycles. The van der Waals surface area contributed by atoms with Gasteiger partial charge in [0.2, 0.25) is 0 Å². The summed E-state index contributed by atoms with van der Waals surface area (Å²) in [5.41, 5.74) is 5.78. The van der Waals surface area contributed by atoms with Gasteiger partial charge < -0.3 is 15.5 Å². The summed E-state index contributed by atoms with van der Waals surface area (Å²) in [6, 6.07) is 0.428. The van der Waals surface area contributed by atoms with Crippen LogP contribution in [0.1, 0.15) is 6.42 Å². The smallest absolute Gasteiger partial charge is 0.0180 e. The Bertz CT molecular complexity index is 119. The Labute approximate surface area is 81.3 Å². The van der Waals surface area contributed by atoms with Crippen LogP contribution in [0.15, 0.2) is 0 Å². The molecular formula is C8H20ClN3. The summed E-state index contributed by atoms with van der Waals surface area (Å²) in [4.78, 5) is 4.65. The van der Waals surface area contributed by atoms with Gasteiger partial charge in [-0.05, 0) is 27.1 Å². The lowest BCUT2D eigenvalue weighted by atomic mass is 10.3. The van der Waals surface area contributed by atoms with Crippen molar-refractivity contribution in [1.29, 1.82) is 0 Å². The van der Waals surface area contributed by atoms with Gasteiger partial charge in [0.25, 0.3) is 0 Å². The van der Waals surface area contributed by atoms with Crippen molar-refractivity contribution >= 4 is 12.4 Å². The highest BCUT2D eigenvalue weighted by Gasteiger charge is 2.17. The zero-order chi connectivity index (χ0) is 8.27. The van der Waals surface area contributed by atoms with E-state index in [1.807, 2.05) is 0 Å². The second kappa shape index (κ2) is 5.75. The first-order chi connectivity index (χ1) is 5.18. The number of hydrogen-bond acceptors (Lipinski definition) is 3. The van der Waals surface area contributed by atoms with Crippen molar-refractivity contribution in [3.05, 3.63) is 0 Å². The second-order valence-electron chi connectivity index (χ2n) is 3.65. The SMILES string of the molecule is CN(C)CCN1CCC(N)C1.Cl. The molecule has 0 aliphatic carbocycles. The third-order valence-electron chi connectivity index (χ3n) is 2.17. The Kier molecular flexibility index (Phi) is 5.84. The van der Waals surface area contributed by atoms with Gasteiger partial charge in [-0.3, -0.25) is 0 Å². The van der Waals surface area contributed by atoms with Gasteiger partial charge >= 0.3 is 0 Å². The molecule has 1 unspecified atom stereocenters. The number of halogens is 1. The number of nitrogens with two attached hydrogens (primary N) is 1. The minimum atomic E-state index is 0. The molecule has 0 bridgehead atoms. The third kappa shape index (κ3) is 4.26. The molecule has 1 fully saturated rings. The number of hydrogen-bond donors (Lipinski definition) is 1. The first-order valence-corrected chi connectivity index (χ1v) is 4.31. The Morgan fingerprint density at radius 3 is 2.58 bits per heavy atom. The normalized spacial score (nSPS) is 24.5. The fourth-order valence-corrected chi connectivity index (χ4v) is 1.41. The molecule has 0 aromatic rings. The van der Waals surface area contributed by atoms with Crippen LogP contribution in [0.3, 0.4) is 0 Å². The van der Waals surface area contributed by atoms with E-state index in [4.69, 9.17) is 5.73 Å². The van der Waals surface area contributed by atoms with E-state index in [9.17, 15) is 0 Å². The lowest BCUT2D eigenvalue weighted by Gasteiger charge is -2.17. The number of likely N-dealkylation sites (tertiary alicyclic amines) is 1. The predicted octanol–water partition coefficient (Wildman–Crippen LogP) is 0.00280. The molecule has 1 atom stereocenters. The fourth-order valence-electron chi connectivity index (χ4n) is 1.41. The van der Waals surface area contributed by atoms with Crippen LogP contribution in [-0.2, 0) is 0 Å². The molecule has 1 heterocycles. The van der Waals surface area contributed by atoms with E-state index in [-0.39, 0.29) is 12.4 Å². The largest absolute Gasteiger partial charge is 0.326 e. The molecule has 1 rings (SSSR count). The highest BCUT2D eigenvalue weighted by Crippen LogP contribution is 2.05. The van der Waals surface area contributed by atoms with Crippen LogP contribution >= 0.6 is 12.4 Å². The summed E-state index contributed by atoms with van der Waals surface area (Å²) in [5.74, 6) is 0. The molecule has 3 nitrogen and oxygen atoms in total. The number of rotatable bonds is 3. The van der Waals surface area contributed by atoms with Gasteiger partial charge in [0.05, 0.1) is 0 Å². The van der Waals surface area contributed by atoms with Crippen LogP contribution in [0, 0.1) is 0 Å². The van der Waals surface area contributed by atoms with Gasteiger partial charge in [0, 0.05) is 25.7 Å². The van der Waals surface area contributed by atoms with E-state index in [0.29, 0.717) is 6.04 Å². The number of likely N-dealkylation sites (N-methyl/N-ethyl adjacent to an activating group) is 1. The fraction of sp³-hybridized carbons (Fsp3) is 1.00. The second-order valence-corrected chi connectivity index (χ2v) is 3.65. The Morgan fingerprint density at radius 2 is 2.17 bits per heavy atom. The van der Waals surface area contributed by atoms with Crippen LogP contribution in [0.4, 0.5) is 0 Å². The molecule has 74 valence electrons. The molecule has 2 N–H and O–H groups in total. The van der Waals surface area contributed by atoms with Crippen molar-refractivity contribution in [2.75, 3.05) is 40.3 Å². The Balaban J connectivity index is 0.00000121. The monoisotopic (exact) mass is 193 g/mol. The summed E-state index contributed by atoms with van der Waals surface area (Å²) in [7, 11) is 4.21. The summed E-state index contributed by atoms with van der Waals surface area (Å²) in [6.45, 7) is 4.59. The van der Waals surface area contributed by atoms with E-state index in [1.165, 1.54) is 19.5 Å².